The molecule has 0 spiro atoms. The highest BCUT2D eigenvalue weighted by molar-refractivity contribution is 6.13. The highest BCUT2D eigenvalue weighted by atomic mass is 15.1. The molecule has 0 N–H and O–H groups in total. The first-order chi connectivity index (χ1) is 68.4. The molecule has 15 heteroatoms. The molecule has 138 heavy (non-hydrogen) atoms. The van der Waals surface area contributed by atoms with Gasteiger partial charge < -0.3 is 0 Å². The summed E-state index contributed by atoms with van der Waals surface area (Å²) in [6.45, 7) is 0. The van der Waals surface area contributed by atoms with Crippen LogP contribution in [-0.4, -0.2) is 72.6 Å². The second-order valence-electron chi connectivity index (χ2n) is 34.1. The minimum Gasteiger partial charge on any atom is -0.292 e. The van der Waals surface area contributed by atoms with E-state index in [1.165, 1.54) is 22.3 Å². The molecule has 0 bridgehead atoms. The van der Waals surface area contributed by atoms with E-state index in [1.54, 1.807) is 0 Å². The molecule has 0 radical (unpaired) electrons. The van der Waals surface area contributed by atoms with E-state index in [4.69, 9.17) is 54.8 Å². The van der Waals surface area contributed by atoms with Crippen LogP contribution in [0.4, 0.5) is 0 Å². The Morgan fingerprint density at radius 2 is 0.478 bits per heavy atom. The van der Waals surface area contributed by atoms with Gasteiger partial charge in [0.1, 0.15) is 39.3 Å². The van der Waals surface area contributed by atoms with Gasteiger partial charge >= 0.3 is 0 Å². The lowest BCUT2D eigenvalue weighted by Crippen LogP contribution is -1.97. The van der Waals surface area contributed by atoms with E-state index in [-0.39, 0.29) is 0 Å². The van der Waals surface area contributed by atoms with Gasteiger partial charge in [-0.2, -0.15) is 0 Å². The second kappa shape index (κ2) is 35.0. The van der Waals surface area contributed by atoms with Crippen LogP contribution in [0.15, 0.2) is 480 Å². The van der Waals surface area contributed by atoms with Gasteiger partial charge in [0.2, 0.25) is 0 Å². The van der Waals surface area contributed by atoms with Crippen LogP contribution in [0.25, 0.3) is 246 Å². The van der Waals surface area contributed by atoms with Crippen LogP contribution in [0.2, 0.25) is 0 Å². The van der Waals surface area contributed by atoms with Gasteiger partial charge in [0.05, 0.1) is 50.9 Å². The van der Waals surface area contributed by atoms with Gasteiger partial charge in [-0.1, -0.05) is 370 Å². The molecule has 0 saturated carbocycles. The Morgan fingerprint density at radius 3 is 0.942 bits per heavy atom. The lowest BCUT2D eigenvalue weighted by Gasteiger charge is -2.12. The van der Waals surface area contributed by atoms with Crippen molar-refractivity contribution >= 4 is 93.8 Å². The summed E-state index contributed by atoms with van der Waals surface area (Å²) in [4.78, 5) is 55.9. The molecule has 0 aliphatic heterocycles. The van der Waals surface area contributed by atoms with E-state index in [1.807, 2.05) is 146 Å². The number of benzene rings is 15. The van der Waals surface area contributed by atoms with Crippen molar-refractivity contribution in [2.75, 3.05) is 0 Å². The van der Waals surface area contributed by atoms with Gasteiger partial charge in [-0.05, 0) is 124 Å². The van der Waals surface area contributed by atoms with Gasteiger partial charge in [0.25, 0.3) is 0 Å². The SMILES string of the molecule is c1ccc(-c2ccc(-c3cc(-c4ccc5c(c4)c(-c4ccccc4)nc4c5nc5ccccn54)nc(-c4ccccc4)n3)cc2)cc1.c1ccc(-c2ccc(-c3cc(-c4cccc(-c5nc6c(nc7ccccn76)c6ccccc56)c4)nc(-c4ccccc4)n3)cc2)cc1.c1ccc(-c2nc3c(nc4ccccn43)c3ccc(-c4ccc(-c5nc6ccccc6n5-c5ccccc5)cc4)cc23)cc1. The van der Waals surface area contributed by atoms with Crippen LogP contribution in [0.3, 0.4) is 0 Å². The largest absolute Gasteiger partial charge is 0.292 e. The van der Waals surface area contributed by atoms with E-state index >= 15 is 0 Å². The quantitative estimate of drug-likeness (QED) is 0.102. The third-order valence-electron chi connectivity index (χ3n) is 25.6. The van der Waals surface area contributed by atoms with Gasteiger partial charge in [-0.15, -0.1) is 0 Å². The Balaban J connectivity index is 0.000000110. The number of nitrogens with zero attached hydrogens (tertiary/aromatic N) is 15. The summed E-state index contributed by atoms with van der Waals surface area (Å²) < 4.78 is 8.41. The Labute approximate surface area is 792 Å². The predicted molar refractivity (Wildman–Crippen MR) is 560 cm³/mol. The number of para-hydroxylation sites is 3. The lowest BCUT2D eigenvalue weighted by atomic mass is 9.97. The first-order valence-electron chi connectivity index (χ1n) is 46.0. The molecule has 0 unspecified atom stereocenters. The summed E-state index contributed by atoms with van der Waals surface area (Å²) in [6, 6.07) is 159. The van der Waals surface area contributed by atoms with E-state index in [0.717, 1.165) is 212 Å². The fourth-order valence-corrected chi connectivity index (χ4v) is 18.8. The molecule has 15 aromatic carbocycles. The Bertz CT molecular complexity index is 9280. The van der Waals surface area contributed by atoms with Crippen molar-refractivity contribution in [1.82, 2.24) is 72.6 Å². The molecule has 27 aromatic rings. The van der Waals surface area contributed by atoms with Crippen molar-refractivity contribution in [3.05, 3.63) is 480 Å². The molecular formula is C123H79N15. The highest BCUT2D eigenvalue weighted by Crippen LogP contribution is 2.43. The Morgan fingerprint density at radius 1 is 0.167 bits per heavy atom. The molecule has 15 nitrogen and oxygen atoms in total. The average molecular weight is 1770 g/mol. The zero-order valence-corrected chi connectivity index (χ0v) is 74.3. The average Bonchev–Trinajstić information content (AvgIpc) is 1.50. The molecule has 0 saturated heterocycles. The number of pyridine rings is 6. The zero-order valence-electron chi connectivity index (χ0n) is 74.3. The van der Waals surface area contributed by atoms with Crippen molar-refractivity contribution in [2.45, 2.75) is 0 Å². The molecule has 0 fully saturated rings. The summed E-state index contributed by atoms with van der Waals surface area (Å²) in [5.74, 6) is 2.29. The molecular weight excluding hydrogens is 1690 g/mol. The van der Waals surface area contributed by atoms with Crippen molar-refractivity contribution in [3.63, 3.8) is 0 Å². The summed E-state index contributed by atoms with van der Waals surface area (Å²) in [5, 5.41) is 6.39. The van der Waals surface area contributed by atoms with Crippen LogP contribution >= 0.6 is 0 Å². The number of rotatable bonds is 14. The number of hydrogen-bond acceptors (Lipinski definition) is 11. The number of hydrogen-bond donors (Lipinski definition) is 0. The molecule has 12 heterocycles. The Kier molecular flexibility index (Phi) is 20.5. The van der Waals surface area contributed by atoms with E-state index in [9.17, 15) is 0 Å². The maximum absolute atomic E-state index is 5.23. The first-order valence-corrected chi connectivity index (χ1v) is 46.0. The maximum Gasteiger partial charge on any atom is 0.165 e. The lowest BCUT2D eigenvalue weighted by molar-refractivity contribution is 1.10. The maximum atomic E-state index is 5.23. The normalized spacial score (nSPS) is 11.5. The van der Waals surface area contributed by atoms with E-state index < -0.39 is 0 Å². The fraction of sp³-hybridized carbons (Fsp3) is 0. The van der Waals surface area contributed by atoms with Gasteiger partial charge in [-0.25, -0.2) is 54.8 Å². The van der Waals surface area contributed by atoms with Crippen molar-refractivity contribution in [2.24, 2.45) is 0 Å². The molecule has 0 amide bonds. The molecule has 0 aliphatic rings. The topological polar surface area (TPSA) is 160 Å². The molecule has 0 aliphatic carbocycles. The van der Waals surface area contributed by atoms with E-state index in [0.29, 0.717) is 11.6 Å². The third kappa shape index (κ3) is 15.2. The fourth-order valence-electron chi connectivity index (χ4n) is 18.8. The summed E-state index contributed by atoms with van der Waals surface area (Å²) in [7, 11) is 0. The van der Waals surface area contributed by atoms with E-state index in [2.05, 4.69) is 351 Å². The van der Waals surface area contributed by atoms with Crippen molar-refractivity contribution in [1.29, 1.82) is 0 Å². The number of aromatic nitrogens is 15. The predicted octanol–water partition coefficient (Wildman–Crippen LogP) is 29.7. The second-order valence-corrected chi connectivity index (χ2v) is 34.1. The first kappa shape index (κ1) is 81.0. The van der Waals surface area contributed by atoms with Crippen LogP contribution in [0.1, 0.15) is 0 Å². The van der Waals surface area contributed by atoms with Crippen molar-refractivity contribution < 1.29 is 0 Å². The summed E-state index contributed by atoms with van der Waals surface area (Å²) in [6.07, 6.45) is 6.07. The molecule has 27 rings (SSSR count). The smallest absolute Gasteiger partial charge is 0.165 e. The van der Waals surface area contributed by atoms with Crippen LogP contribution in [0, 0.1) is 0 Å². The standard InChI is InChI=1S/2C42H27N5.C39H25N5/c1-4-12-28(13-5-1)29-19-21-30(22-20-29)36-27-37(44-41(43-36)32-16-8-3-9-17-32)33-23-24-34-35(26-33)39(31-14-6-2-7-15-31)46-42-40(34)45-38-18-10-11-25-47(38)42;1-3-12-28(13-4-1)29-21-23-30(24-22-29)36-27-37(44-41(43-36)31-14-5-2-6-15-31)32-16-11-17-33(26-32)39-34-18-7-8-19-35(34)40-42(46-39)47-25-10-9-20-38(47)45-40;1-3-11-27(12-4-1)36-32-25-29(22-23-31(32)37-39(42-36)43-24-10-9-17-35(43)41-37)26-18-20-28(21-19-26)38-40-33-15-7-8-16-34(33)44(38)30-13-5-2-6-14-30/h2*1-27H;1-25H. The van der Waals surface area contributed by atoms with Crippen LogP contribution in [0.5, 0.6) is 0 Å². The summed E-state index contributed by atoms with van der Waals surface area (Å²) >= 11 is 0. The van der Waals surface area contributed by atoms with Crippen LogP contribution in [-0.2, 0) is 0 Å². The Hall–Kier alpha value is -19.0. The van der Waals surface area contributed by atoms with Gasteiger partial charge in [-0.3, -0.25) is 17.8 Å². The van der Waals surface area contributed by atoms with Gasteiger partial charge in [0.15, 0.2) is 28.6 Å². The van der Waals surface area contributed by atoms with Gasteiger partial charge in [0, 0.05) is 112 Å². The monoisotopic (exact) mass is 1770 g/mol. The van der Waals surface area contributed by atoms with Crippen molar-refractivity contribution in [3.8, 4) is 152 Å². The molecule has 12 aromatic heterocycles. The third-order valence-corrected chi connectivity index (χ3v) is 25.6. The number of fused-ring (bicyclic) bond motifs is 16. The summed E-state index contributed by atoms with van der Waals surface area (Å²) in [5.41, 5.74) is 34.4. The minimum absolute atomic E-state index is 0.683. The zero-order chi connectivity index (χ0) is 91.4. The molecule has 0 atom stereocenters. The number of imidazole rings is 4. The van der Waals surface area contributed by atoms with Crippen LogP contribution < -0.4 is 0 Å². The minimum atomic E-state index is 0.683. The highest BCUT2D eigenvalue weighted by Gasteiger charge is 2.24. The molecule has 646 valence electrons.